The average molecular weight is 522 g/mol. The molecule has 0 bridgehead atoms. The van der Waals surface area contributed by atoms with Crippen molar-refractivity contribution < 1.29 is 19.1 Å². The first-order chi connectivity index (χ1) is 17.0. The van der Waals surface area contributed by atoms with E-state index in [1.54, 1.807) is 0 Å². The molecule has 1 saturated heterocycles. The average Bonchev–Trinajstić information content (AvgIpc) is 2.88. The first-order valence-electron chi connectivity index (χ1n) is 11.9. The minimum atomic E-state index is 0.137. The van der Waals surface area contributed by atoms with Gasteiger partial charge >= 0.3 is 0 Å². The van der Waals surface area contributed by atoms with Gasteiger partial charge in [0.1, 0.15) is 12.0 Å². The van der Waals surface area contributed by atoms with Crippen LogP contribution in [0.2, 0.25) is 10.0 Å². The van der Waals surface area contributed by atoms with Crippen molar-refractivity contribution in [2.75, 3.05) is 62.9 Å². The first-order valence-corrected chi connectivity index (χ1v) is 12.7. The number of hydrogen-bond acceptors (Lipinski definition) is 7. The van der Waals surface area contributed by atoms with E-state index >= 15 is 0 Å². The standard InChI is InChI=1S/C26H33Cl2N3O4/c1-29(19-34-20-33)25-18-22(10-9-21(25)6-5-16-32)35-17-3-2-11-30-12-14-31(15-13-30)24-8-4-7-23(27)26(24)28/h4,7-10,16,18,20H,2-3,5-6,11-15,17,19H2,1H3. The number of benzene rings is 2. The van der Waals surface area contributed by atoms with Gasteiger partial charge in [-0.15, -0.1) is 0 Å². The third-order valence-electron chi connectivity index (χ3n) is 6.12. The number of piperazine rings is 1. The van der Waals surface area contributed by atoms with Crippen molar-refractivity contribution in [1.29, 1.82) is 0 Å². The van der Waals surface area contributed by atoms with Crippen molar-refractivity contribution in [2.45, 2.75) is 25.7 Å². The van der Waals surface area contributed by atoms with Gasteiger partial charge in [-0.25, -0.2) is 0 Å². The molecular formula is C26H33Cl2N3O4. The third-order valence-corrected chi connectivity index (χ3v) is 6.93. The van der Waals surface area contributed by atoms with Crippen molar-refractivity contribution in [1.82, 2.24) is 4.90 Å². The van der Waals surface area contributed by atoms with Crippen LogP contribution in [0.1, 0.15) is 24.8 Å². The van der Waals surface area contributed by atoms with E-state index in [0.29, 0.717) is 36.0 Å². The zero-order valence-electron chi connectivity index (χ0n) is 20.1. The van der Waals surface area contributed by atoms with Gasteiger partial charge in [-0.3, -0.25) is 9.69 Å². The topological polar surface area (TPSA) is 62.3 Å². The number of unbranched alkanes of at least 4 members (excludes halogenated alkanes) is 1. The van der Waals surface area contributed by atoms with E-state index in [2.05, 4.69) is 9.80 Å². The fourth-order valence-corrected chi connectivity index (χ4v) is 4.62. The van der Waals surface area contributed by atoms with E-state index in [1.807, 2.05) is 48.3 Å². The molecule has 0 spiro atoms. The highest BCUT2D eigenvalue weighted by atomic mass is 35.5. The summed E-state index contributed by atoms with van der Waals surface area (Å²) in [6, 6.07) is 11.6. The fraction of sp³-hybridized carbons (Fsp3) is 0.462. The molecule has 1 aliphatic rings. The second-order valence-electron chi connectivity index (χ2n) is 8.54. The van der Waals surface area contributed by atoms with Gasteiger partial charge in [-0.2, -0.15) is 0 Å². The molecule has 1 aliphatic heterocycles. The summed E-state index contributed by atoms with van der Waals surface area (Å²) in [5.41, 5.74) is 2.91. The normalized spacial score (nSPS) is 14.0. The number of hydrogen-bond donors (Lipinski definition) is 0. The molecule has 0 amide bonds. The molecule has 190 valence electrons. The lowest BCUT2D eigenvalue weighted by atomic mass is 10.1. The predicted molar refractivity (Wildman–Crippen MR) is 141 cm³/mol. The van der Waals surface area contributed by atoms with Crippen LogP contribution in [0.25, 0.3) is 0 Å². The van der Waals surface area contributed by atoms with Crippen LogP contribution in [0.15, 0.2) is 36.4 Å². The van der Waals surface area contributed by atoms with Gasteiger partial charge in [0.05, 0.1) is 22.3 Å². The minimum absolute atomic E-state index is 0.137. The Kier molecular flexibility index (Phi) is 11.0. The smallest absolute Gasteiger partial charge is 0.294 e. The maximum absolute atomic E-state index is 10.8. The maximum atomic E-state index is 10.8. The summed E-state index contributed by atoms with van der Waals surface area (Å²) in [6.45, 7) is 6.05. The number of carbonyl (C=O) groups excluding carboxylic acids is 2. The zero-order valence-corrected chi connectivity index (χ0v) is 21.6. The van der Waals surface area contributed by atoms with Crippen LogP contribution >= 0.6 is 23.2 Å². The molecule has 9 heteroatoms. The molecule has 1 fully saturated rings. The first kappa shape index (κ1) is 27.1. The Bertz CT molecular complexity index is 968. The largest absolute Gasteiger partial charge is 0.494 e. The lowest BCUT2D eigenvalue weighted by Gasteiger charge is -2.36. The van der Waals surface area contributed by atoms with Gasteiger partial charge in [0.15, 0.2) is 6.73 Å². The van der Waals surface area contributed by atoms with Crippen molar-refractivity contribution in [3.8, 4) is 5.75 Å². The molecular weight excluding hydrogens is 489 g/mol. The molecule has 0 atom stereocenters. The minimum Gasteiger partial charge on any atom is -0.494 e. The molecule has 3 rings (SSSR count). The Hall–Kier alpha value is -2.48. The second kappa shape index (κ2) is 14.2. The van der Waals surface area contributed by atoms with E-state index in [1.165, 1.54) is 0 Å². The summed E-state index contributed by atoms with van der Waals surface area (Å²) in [7, 11) is 1.84. The number of carbonyl (C=O) groups is 2. The van der Waals surface area contributed by atoms with Gasteiger partial charge in [0.25, 0.3) is 6.47 Å². The highest BCUT2D eigenvalue weighted by Gasteiger charge is 2.19. The molecule has 0 saturated carbocycles. The fourth-order valence-electron chi connectivity index (χ4n) is 4.20. The molecule has 0 aromatic heterocycles. The Labute approximate surface area is 217 Å². The Morgan fingerprint density at radius 1 is 1.06 bits per heavy atom. The van der Waals surface area contributed by atoms with Crippen molar-refractivity contribution in [3.63, 3.8) is 0 Å². The maximum Gasteiger partial charge on any atom is 0.294 e. The van der Waals surface area contributed by atoms with Crippen molar-refractivity contribution in [2.24, 2.45) is 0 Å². The van der Waals surface area contributed by atoms with E-state index in [-0.39, 0.29) is 6.73 Å². The van der Waals surface area contributed by atoms with E-state index in [9.17, 15) is 9.59 Å². The van der Waals surface area contributed by atoms with Crippen LogP contribution in [0, 0.1) is 0 Å². The second-order valence-corrected chi connectivity index (χ2v) is 9.33. The third kappa shape index (κ3) is 8.02. The summed E-state index contributed by atoms with van der Waals surface area (Å²) in [5.74, 6) is 0.764. The quantitative estimate of drug-likeness (QED) is 0.203. The number of halogens is 2. The van der Waals surface area contributed by atoms with Gasteiger partial charge in [0.2, 0.25) is 0 Å². The van der Waals surface area contributed by atoms with Crippen LogP contribution in [0.4, 0.5) is 11.4 Å². The summed E-state index contributed by atoms with van der Waals surface area (Å²) in [5, 5.41) is 1.22. The molecule has 2 aromatic carbocycles. The molecule has 0 radical (unpaired) electrons. The Balaban J connectivity index is 1.41. The summed E-state index contributed by atoms with van der Waals surface area (Å²) in [6.07, 6.45) is 3.97. The lowest BCUT2D eigenvalue weighted by Crippen LogP contribution is -2.46. The molecule has 0 unspecified atom stereocenters. The number of ether oxygens (including phenoxy) is 2. The lowest BCUT2D eigenvalue weighted by molar-refractivity contribution is -0.128. The molecule has 35 heavy (non-hydrogen) atoms. The number of nitrogens with zero attached hydrogens (tertiary/aromatic N) is 3. The Morgan fingerprint density at radius 2 is 1.86 bits per heavy atom. The number of aryl methyl sites for hydroxylation is 1. The van der Waals surface area contributed by atoms with Crippen LogP contribution < -0.4 is 14.5 Å². The zero-order chi connectivity index (χ0) is 25.0. The summed E-state index contributed by atoms with van der Waals surface area (Å²) >= 11 is 12.5. The summed E-state index contributed by atoms with van der Waals surface area (Å²) < 4.78 is 10.9. The summed E-state index contributed by atoms with van der Waals surface area (Å²) in [4.78, 5) is 27.9. The van der Waals surface area contributed by atoms with Gasteiger partial charge < -0.3 is 24.1 Å². The van der Waals surface area contributed by atoms with Crippen molar-refractivity contribution >= 4 is 47.3 Å². The van der Waals surface area contributed by atoms with Gasteiger partial charge in [-0.1, -0.05) is 35.3 Å². The van der Waals surface area contributed by atoms with Crippen molar-refractivity contribution in [3.05, 3.63) is 52.0 Å². The predicted octanol–water partition coefficient (Wildman–Crippen LogP) is 4.67. The van der Waals surface area contributed by atoms with Crippen LogP contribution in [0.5, 0.6) is 5.75 Å². The number of anilines is 2. The van der Waals surface area contributed by atoms with Crippen LogP contribution in [-0.4, -0.2) is 70.8 Å². The van der Waals surface area contributed by atoms with Crippen LogP contribution in [0.3, 0.4) is 0 Å². The molecule has 0 aliphatic carbocycles. The van der Waals surface area contributed by atoms with E-state index in [4.69, 9.17) is 32.7 Å². The Morgan fingerprint density at radius 3 is 2.60 bits per heavy atom. The number of aldehydes is 1. The van der Waals surface area contributed by atoms with Crippen LogP contribution in [-0.2, 0) is 20.7 Å². The molecule has 2 aromatic rings. The highest BCUT2D eigenvalue weighted by molar-refractivity contribution is 6.43. The highest BCUT2D eigenvalue weighted by Crippen LogP contribution is 2.33. The van der Waals surface area contributed by atoms with E-state index < -0.39 is 0 Å². The number of rotatable bonds is 14. The monoisotopic (exact) mass is 521 g/mol. The van der Waals surface area contributed by atoms with E-state index in [0.717, 1.165) is 74.5 Å². The van der Waals surface area contributed by atoms with Gasteiger partial charge in [0, 0.05) is 51.4 Å². The molecule has 7 nitrogen and oxygen atoms in total. The molecule has 0 N–H and O–H groups in total. The SMILES string of the molecule is CN(COC=O)c1cc(OCCCCN2CCN(c3cccc(Cl)c3Cl)CC2)ccc1CCC=O. The molecule has 1 heterocycles. The van der Waals surface area contributed by atoms with Gasteiger partial charge in [-0.05, 0) is 49.6 Å².